The summed E-state index contributed by atoms with van der Waals surface area (Å²) >= 11 is 6.30. The van der Waals surface area contributed by atoms with Crippen LogP contribution in [0.1, 0.15) is 32.1 Å². The number of benzene rings is 1. The molecule has 1 aromatic carbocycles. The number of piperidine rings is 2. The molecule has 4 rings (SSSR count). The molecular weight excluding hydrogens is 322 g/mol. The molecule has 2 aliphatic heterocycles. The Morgan fingerprint density at radius 2 is 2.04 bits per heavy atom. The van der Waals surface area contributed by atoms with Gasteiger partial charge in [0.25, 0.3) is 0 Å². The van der Waals surface area contributed by atoms with E-state index >= 15 is 0 Å². The first-order valence-electron chi connectivity index (χ1n) is 8.97. The summed E-state index contributed by atoms with van der Waals surface area (Å²) in [7, 11) is 0. The molecule has 0 radical (unpaired) electrons. The van der Waals surface area contributed by atoms with Crippen LogP contribution in [0, 0.1) is 5.92 Å². The van der Waals surface area contributed by atoms with Crippen molar-refractivity contribution in [3.8, 4) is 17.1 Å². The minimum Gasteiger partial charge on any atom is -0.506 e. The Morgan fingerprint density at radius 3 is 2.96 bits per heavy atom. The summed E-state index contributed by atoms with van der Waals surface area (Å²) in [6.45, 7) is 3.50. The Bertz CT molecular complexity index is 712. The largest absolute Gasteiger partial charge is 0.506 e. The Balaban J connectivity index is 1.60. The SMILES string of the molecule is Oc1cccc(-c2nccn2C[C@@H]2CCCN3CCCC[C@H]23)c1Cl. The van der Waals surface area contributed by atoms with Gasteiger partial charge in [-0.15, -0.1) is 0 Å². The molecule has 1 N–H and O–H groups in total. The number of phenolic OH excluding ortho intramolecular Hbond substituents is 1. The molecule has 4 nitrogen and oxygen atoms in total. The summed E-state index contributed by atoms with van der Waals surface area (Å²) in [6, 6.07) is 6.07. The third kappa shape index (κ3) is 2.93. The Labute approximate surface area is 148 Å². The van der Waals surface area contributed by atoms with Crippen molar-refractivity contribution in [1.82, 2.24) is 14.5 Å². The molecule has 2 atom stereocenters. The number of halogens is 1. The Kier molecular flexibility index (Phi) is 4.51. The molecule has 2 aliphatic rings. The number of imidazole rings is 1. The van der Waals surface area contributed by atoms with Crippen molar-refractivity contribution in [2.24, 2.45) is 5.92 Å². The molecule has 0 bridgehead atoms. The zero-order valence-corrected chi connectivity index (χ0v) is 14.6. The normalized spacial score (nSPS) is 24.7. The number of rotatable bonds is 3. The van der Waals surface area contributed by atoms with Crippen molar-refractivity contribution in [2.75, 3.05) is 13.1 Å². The summed E-state index contributed by atoms with van der Waals surface area (Å²) in [5.41, 5.74) is 0.804. The molecule has 0 unspecified atom stereocenters. The van der Waals surface area contributed by atoms with Crippen LogP contribution in [-0.4, -0.2) is 38.7 Å². The molecule has 0 spiro atoms. The van der Waals surface area contributed by atoms with Crippen LogP contribution in [0.25, 0.3) is 11.4 Å². The van der Waals surface area contributed by atoms with Crippen LogP contribution in [0.2, 0.25) is 5.02 Å². The van der Waals surface area contributed by atoms with Crippen molar-refractivity contribution < 1.29 is 5.11 Å². The van der Waals surface area contributed by atoms with Gasteiger partial charge < -0.3 is 14.6 Å². The first-order valence-corrected chi connectivity index (χ1v) is 9.35. The van der Waals surface area contributed by atoms with Crippen molar-refractivity contribution in [3.63, 3.8) is 0 Å². The fourth-order valence-electron chi connectivity index (χ4n) is 4.44. The summed E-state index contributed by atoms with van der Waals surface area (Å²) in [5.74, 6) is 1.63. The summed E-state index contributed by atoms with van der Waals surface area (Å²) in [5, 5.41) is 10.3. The van der Waals surface area contributed by atoms with Gasteiger partial charge in [0.15, 0.2) is 0 Å². The van der Waals surface area contributed by atoms with Crippen LogP contribution < -0.4 is 0 Å². The molecule has 0 saturated carbocycles. The number of phenols is 1. The molecule has 0 aliphatic carbocycles. The van der Waals surface area contributed by atoms with E-state index in [4.69, 9.17) is 11.6 Å². The average molecular weight is 346 g/mol. The lowest BCUT2D eigenvalue weighted by Gasteiger charge is -2.44. The van der Waals surface area contributed by atoms with Crippen LogP contribution in [0.15, 0.2) is 30.6 Å². The number of aromatic nitrogens is 2. The van der Waals surface area contributed by atoms with Gasteiger partial charge in [0, 0.05) is 30.5 Å². The van der Waals surface area contributed by atoms with Gasteiger partial charge in [-0.05, 0) is 56.8 Å². The summed E-state index contributed by atoms with van der Waals surface area (Å²) in [4.78, 5) is 7.20. The number of aromatic hydroxyl groups is 1. The van der Waals surface area contributed by atoms with E-state index in [2.05, 4.69) is 14.5 Å². The van der Waals surface area contributed by atoms with Crippen LogP contribution in [0.5, 0.6) is 5.75 Å². The van der Waals surface area contributed by atoms with Gasteiger partial charge >= 0.3 is 0 Å². The average Bonchev–Trinajstić information content (AvgIpc) is 3.06. The number of hydrogen-bond donors (Lipinski definition) is 1. The second-order valence-corrected chi connectivity index (χ2v) is 7.42. The van der Waals surface area contributed by atoms with E-state index in [0.717, 1.165) is 17.9 Å². The van der Waals surface area contributed by atoms with Crippen LogP contribution >= 0.6 is 11.6 Å². The van der Waals surface area contributed by atoms with Gasteiger partial charge in [0.05, 0.1) is 5.02 Å². The predicted molar refractivity (Wildman–Crippen MR) is 96.3 cm³/mol. The number of hydrogen-bond acceptors (Lipinski definition) is 3. The van der Waals surface area contributed by atoms with E-state index < -0.39 is 0 Å². The van der Waals surface area contributed by atoms with Crippen molar-refractivity contribution in [1.29, 1.82) is 0 Å². The van der Waals surface area contributed by atoms with Gasteiger partial charge in [0.2, 0.25) is 0 Å². The zero-order chi connectivity index (χ0) is 16.5. The third-order valence-corrected chi connectivity index (χ3v) is 5.99. The zero-order valence-electron chi connectivity index (χ0n) is 13.9. The van der Waals surface area contributed by atoms with E-state index in [1.165, 1.54) is 45.2 Å². The fourth-order valence-corrected chi connectivity index (χ4v) is 4.65. The predicted octanol–water partition coefficient (Wildman–Crippen LogP) is 4.17. The minimum absolute atomic E-state index is 0.111. The maximum Gasteiger partial charge on any atom is 0.141 e. The van der Waals surface area contributed by atoms with E-state index in [1.54, 1.807) is 6.07 Å². The molecule has 0 amide bonds. The highest BCUT2D eigenvalue weighted by atomic mass is 35.5. The lowest BCUT2D eigenvalue weighted by molar-refractivity contribution is 0.0521. The molecule has 128 valence electrons. The van der Waals surface area contributed by atoms with Gasteiger partial charge in [-0.1, -0.05) is 24.1 Å². The van der Waals surface area contributed by atoms with Crippen LogP contribution in [0.3, 0.4) is 0 Å². The number of nitrogens with zero attached hydrogens (tertiary/aromatic N) is 3. The van der Waals surface area contributed by atoms with E-state index in [0.29, 0.717) is 17.0 Å². The standard InChI is InChI=1S/C19H24ClN3O/c20-18-15(6-3-8-17(18)24)19-21-9-12-23(19)13-14-5-4-11-22-10-2-1-7-16(14)22/h3,6,8-9,12,14,16,24H,1-2,4-5,7,10-11,13H2/t14-,16+/m0/s1. The smallest absolute Gasteiger partial charge is 0.141 e. The van der Waals surface area contributed by atoms with Crippen molar-refractivity contribution in [3.05, 3.63) is 35.6 Å². The van der Waals surface area contributed by atoms with E-state index in [-0.39, 0.29) is 5.75 Å². The van der Waals surface area contributed by atoms with Crippen molar-refractivity contribution in [2.45, 2.75) is 44.7 Å². The quantitative estimate of drug-likeness (QED) is 0.907. The third-order valence-electron chi connectivity index (χ3n) is 5.59. The van der Waals surface area contributed by atoms with Gasteiger partial charge in [-0.25, -0.2) is 4.98 Å². The molecular formula is C19H24ClN3O. The fraction of sp³-hybridized carbons (Fsp3) is 0.526. The Morgan fingerprint density at radius 1 is 1.17 bits per heavy atom. The second-order valence-electron chi connectivity index (χ2n) is 7.04. The highest BCUT2D eigenvalue weighted by Gasteiger charge is 2.33. The highest BCUT2D eigenvalue weighted by molar-refractivity contribution is 6.34. The summed E-state index contributed by atoms with van der Waals surface area (Å²) in [6.07, 6.45) is 10.5. The first kappa shape index (κ1) is 16.0. The van der Waals surface area contributed by atoms with Crippen molar-refractivity contribution >= 4 is 11.6 Å². The number of fused-ring (bicyclic) bond motifs is 1. The van der Waals surface area contributed by atoms with E-state index in [1.807, 2.05) is 24.5 Å². The van der Waals surface area contributed by atoms with Gasteiger partial charge in [-0.3, -0.25) is 0 Å². The van der Waals surface area contributed by atoms with Crippen LogP contribution in [0.4, 0.5) is 0 Å². The van der Waals surface area contributed by atoms with Gasteiger partial charge in [-0.2, -0.15) is 0 Å². The molecule has 2 fully saturated rings. The Hall–Kier alpha value is -1.52. The minimum atomic E-state index is 0.111. The molecule has 2 saturated heterocycles. The molecule has 2 aromatic rings. The maximum atomic E-state index is 9.89. The highest BCUT2D eigenvalue weighted by Crippen LogP contribution is 2.36. The second kappa shape index (κ2) is 6.77. The summed E-state index contributed by atoms with van der Waals surface area (Å²) < 4.78 is 2.21. The first-order chi connectivity index (χ1) is 11.7. The van der Waals surface area contributed by atoms with E-state index in [9.17, 15) is 5.11 Å². The monoisotopic (exact) mass is 345 g/mol. The molecule has 1 aromatic heterocycles. The topological polar surface area (TPSA) is 41.3 Å². The lowest BCUT2D eigenvalue weighted by atomic mass is 9.83. The molecule has 5 heteroatoms. The van der Waals surface area contributed by atoms with Gasteiger partial charge in [0.1, 0.15) is 11.6 Å². The molecule has 3 heterocycles. The lowest BCUT2D eigenvalue weighted by Crippen LogP contribution is -2.49. The molecule has 24 heavy (non-hydrogen) atoms. The van der Waals surface area contributed by atoms with Crippen LogP contribution in [-0.2, 0) is 6.54 Å². The maximum absolute atomic E-state index is 9.89.